The number of fused-ring (bicyclic) bond motifs is 1. The van der Waals surface area contributed by atoms with E-state index < -0.39 is 11.7 Å². The van der Waals surface area contributed by atoms with Crippen molar-refractivity contribution >= 4 is 27.9 Å². The summed E-state index contributed by atoms with van der Waals surface area (Å²) in [6.07, 6.45) is 0.711. The van der Waals surface area contributed by atoms with Gasteiger partial charge in [0, 0.05) is 42.4 Å². The fraction of sp³-hybridized carbons (Fsp3) is 0.333. The molecule has 2 heterocycles. The number of nitrogens with zero attached hydrogens (tertiary/aromatic N) is 1. The Morgan fingerprint density at radius 2 is 1.90 bits per heavy atom. The van der Waals surface area contributed by atoms with Gasteiger partial charge in [-0.15, -0.1) is 0 Å². The molecule has 0 radical (unpaired) electrons. The Morgan fingerprint density at radius 3 is 2.59 bits per heavy atom. The number of aromatic hydroxyl groups is 1. The van der Waals surface area contributed by atoms with E-state index in [1.807, 2.05) is 18.2 Å². The number of likely N-dealkylation sites (tertiary alicyclic amines) is 1. The number of amides is 2. The van der Waals surface area contributed by atoms with E-state index in [4.69, 9.17) is 4.74 Å². The number of hydrogen-bond acceptors (Lipinski definition) is 4. The molecule has 7 nitrogen and oxygen atoms in total. The van der Waals surface area contributed by atoms with Crippen molar-refractivity contribution in [1.29, 1.82) is 0 Å². The predicted octanol–water partition coefficient (Wildman–Crippen LogP) is 3.92. The van der Waals surface area contributed by atoms with E-state index in [0.717, 1.165) is 10.0 Å². The fourth-order valence-corrected chi connectivity index (χ4v) is 4.46. The number of ether oxygens (including phenoxy) is 1. The zero-order chi connectivity index (χ0) is 20.6. The summed E-state index contributed by atoms with van der Waals surface area (Å²) in [5, 5.41) is 22.3. The minimum absolute atomic E-state index is 0.0731. The highest BCUT2D eigenvalue weighted by Crippen LogP contribution is 2.45. The highest BCUT2D eigenvalue weighted by Gasteiger charge is 2.44. The molecular formula is C21H21BrN2O5. The van der Waals surface area contributed by atoms with E-state index in [-0.39, 0.29) is 23.3 Å². The van der Waals surface area contributed by atoms with Crippen LogP contribution in [0.3, 0.4) is 0 Å². The minimum Gasteiger partial charge on any atom is -0.507 e. The number of benzene rings is 2. The first-order valence-corrected chi connectivity index (χ1v) is 10.2. The van der Waals surface area contributed by atoms with Gasteiger partial charge in [-0.05, 0) is 30.3 Å². The van der Waals surface area contributed by atoms with Crippen LogP contribution in [0.2, 0.25) is 0 Å². The van der Waals surface area contributed by atoms with Crippen LogP contribution in [0.4, 0.5) is 4.79 Å². The summed E-state index contributed by atoms with van der Waals surface area (Å²) in [7, 11) is 0. The topological polar surface area (TPSA) is 99.1 Å². The number of hydrogen-bond donors (Lipinski definition) is 3. The van der Waals surface area contributed by atoms with Crippen molar-refractivity contribution in [3.05, 3.63) is 58.1 Å². The number of halogens is 1. The molecule has 1 unspecified atom stereocenters. The maximum atomic E-state index is 12.8. The first kappa shape index (κ1) is 19.6. The van der Waals surface area contributed by atoms with Gasteiger partial charge in [-0.25, -0.2) is 4.79 Å². The Morgan fingerprint density at radius 1 is 1.17 bits per heavy atom. The van der Waals surface area contributed by atoms with Gasteiger partial charge in [-0.2, -0.15) is 0 Å². The second-order valence-electron chi connectivity index (χ2n) is 7.48. The number of phenols is 1. The van der Waals surface area contributed by atoms with Crippen LogP contribution in [0.15, 0.2) is 46.9 Å². The largest absolute Gasteiger partial charge is 0.507 e. The van der Waals surface area contributed by atoms with Crippen LogP contribution in [-0.2, 0) is 0 Å². The number of phenolic OH excluding ortho intramolecular Hbond substituents is 1. The Kier molecular flexibility index (Phi) is 5.12. The van der Waals surface area contributed by atoms with Crippen molar-refractivity contribution in [2.75, 3.05) is 13.1 Å². The molecule has 1 atom stereocenters. The molecule has 0 bridgehead atoms. The third-order valence-electron chi connectivity index (χ3n) is 5.65. The Hall–Kier alpha value is -2.74. The number of carbonyl (C=O) groups excluding carboxylic acids is 1. The van der Waals surface area contributed by atoms with Gasteiger partial charge in [-0.3, -0.25) is 4.79 Å². The van der Waals surface area contributed by atoms with Crippen LogP contribution in [0.25, 0.3) is 0 Å². The molecule has 4 rings (SSSR count). The molecule has 0 aromatic heterocycles. The first-order chi connectivity index (χ1) is 13.9. The van der Waals surface area contributed by atoms with Crippen molar-refractivity contribution < 1.29 is 24.5 Å². The summed E-state index contributed by atoms with van der Waals surface area (Å²) in [5.41, 5.74) is 0.531. The molecule has 0 saturated carbocycles. The Labute approximate surface area is 176 Å². The summed E-state index contributed by atoms with van der Waals surface area (Å²) < 4.78 is 7.22. The zero-order valence-electron chi connectivity index (χ0n) is 15.6. The van der Waals surface area contributed by atoms with Crippen LogP contribution < -0.4 is 10.1 Å². The molecule has 29 heavy (non-hydrogen) atoms. The first-order valence-electron chi connectivity index (χ1n) is 9.42. The van der Waals surface area contributed by atoms with E-state index in [0.29, 0.717) is 38.1 Å². The highest BCUT2D eigenvalue weighted by molar-refractivity contribution is 9.10. The monoisotopic (exact) mass is 460 g/mol. The molecule has 3 N–H and O–H groups in total. The standard InChI is InChI=1S/C21H21BrN2O5/c22-13-5-6-18-15(11-13)16(23-19(26)14-3-1-2-4-17(14)25)12-21(29-18)7-9-24(10-8-21)20(27)28/h1-6,11,16,25H,7-10,12H2,(H,23,26)(H,27,28). The van der Waals surface area contributed by atoms with Crippen molar-refractivity contribution in [1.82, 2.24) is 10.2 Å². The summed E-state index contributed by atoms with van der Waals surface area (Å²) in [4.78, 5) is 25.5. The van der Waals surface area contributed by atoms with E-state index in [1.165, 1.54) is 11.0 Å². The molecule has 2 aromatic rings. The van der Waals surface area contributed by atoms with Crippen LogP contribution >= 0.6 is 15.9 Å². The molecule has 1 saturated heterocycles. The number of carboxylic acid groups (broad SMARTS) is 1. The Balaban J connectivity index is 1.62. The lowest BCUT2D eigenvalue weighted by Gasteiger charge is -2.46. The molecule has 8 heteroatoms. The molecule has 2 aromatic carbocycles. The van der Waals surface area contributed by atoms with E-state index >= 15 is 0 Å². The molecular weight excluding hydrogens is 440 g/mol. The zero-order valence-corrected chi connectivity index (χ0v) is 17.2. The third kappa shape index (κ3) is 3.89. The van der Waals surface area contributed by atoms with Crippen molar-refractivity contribution in [2.24, 2.45) is 0 Å². The summed E-state index contributed by atoms with van der Waals surface area (Å²) in [5.74, 6) is 0.251. The average Bonchev–Trinajstić information content (AvgIpc) is 2.69. The SMILES string of the molecule is O=C(NC1CC2(CCN(C(=O)O)CC2)Oc2ccc(Br)cc21)c1ccccc1O. The average molecular weight is 461 g/mol. The normalized spacial score (nSPS) is 19.9. The number of para-hydroxylation sites is 1. The fourth-order valence-electron chi connectivity index (χ4n) is 4.08. The van der Waals surface area contributed by atoms with E-state index in [2.05, 4.69) is 21.2 Å². The molecule has 2 aliphatic heterocycles. The second-order valence-corrected chi connectivity index (χ2v) is 8.40. The van der Waals surface area contributed by atoms with Gasteiger partial charge in [0.05, 0.1) is 11.6 Å². The smallest absolute Gasteiger partial charge is 0.407 e. The third-order valence-corrected chi connectivity index (χ3v) is 6.14. The lowest BCUT2D eigenvalue weighted by Crippen LogP contribution is -2.53. The lowest BCUT2D eigenvalue weighted by atomic mass is 9.80. The van der Waals surface area contributed by atoms with Gasteiger partial charge in [0.15, 0.2) is 0 Å². The molecule has 1 fully saturated rings. The van der Waals surface area contributed by atoms with Crippen molar-refractivity contribution in [2.45, 2.75) is 30.9 Å². The summed E-state index contributed by atoms with van der Waals surface area (Å²) in [6.45, 7) is 0.780. The lowest BCUT2D eigenvalue weighted by molar-refractivity contribution is -0.0205. The summed E-state index contributed by atoms with van der Waals surface area (Å²) >= 11 is 3.47. The van der Waals surface area contributed by atoms with Gasteiger partial charge in [0.25, 0.3) is 5.91 Å². The number of rotatable bonds is 2. The molecule has 2 amide bonds. The number of carbonyl (C=O) groups is 2. The van der Waals surface area contributed by atoms with Crippen LogP contribution in [-0.4, -0.2) is 45.8 Å². The quantitative estimate of drug-likeness (QED) is 0.630. The van der Waals surface area contributed by atoms with Gasteiger partial charge in [0.1, 0.15) is 17.1 Å². The van der Waals surface area contributed by atoms with Gasteiger partial charge in [-0.1, -0.05) is 28.1 Å². The van der Waals surface area contributed by atoms with Crippen LogP contribution in [0.1, 0.15) is 41.2 Å². The highest BCUT2D eigenvalue weighted by atomic mass is 79.9. The van der Waals surface area contributed by atoms with Crippen molar-refractivity contribution in [3.63, 3.8) is 0 Å². The maximum Gasteiger partial charge on any atom is 0.407 e. The molecule has 1 spiro atoms. The van der Waals surface area contributed by atoms with E-state index in [9.17, 15) is 19.8 Å². The molecule has 0 aliphatic carbocycles. The maximum absolute atomic E-state index is 12.8. The van der Waals surface area contributed by atoms with Crippen molar-refractivity contribution in [3.8, 4) is 11.5 Å². The van der Waals surface area contributed by atoms with Gasteiger partial charge < -0.3 is 25.2 Å². The molecule has 152 valence electrons. The minimum atomic E-state index is -0.926. The van der Waals surface area contributed by atoms with Crippen LogP contribution in [0.5, 0.6) is 11.5 Å². The molecule has 2 aliphatic rings. The second kappa shape index (κ2) is 7.59. The number of nitrogens with one attached hydrogen (secondary N) is 1. The van der Waals surface area contributed by atoms with Crippen LogP contribution in [0, 0.1) is 0 Å². The number of piperidine rings is 1. The Bertz CT molecular complexity index is 956. The van der Waals surface area contributed by atoms with Gasteiger partial charge >= 0.3 is 6.09 Å². The predicted molar refractivity (Wildman–Crippen MR) is 109 cm³/mol. The van der Waals surface area contributed by atoms with E-state index in [1.54, 1.807) is 18.2 Å². The van der Waals surface area contributed by atoms with Gasteiger partial charge in [0.2, 0.25) is 0 Å². The summed E-state index contributed by atoms with van der Waals surface area (Å²) in [6, 6.07) is 11.8.